The van der Waals surface area contributed by atoms with Gasteiger partial charge in [-0.05, 0) is 26.8 Å². The fraction of sp³-hybridized carbons (Fsp3) is 0.538. The normalized spacial score (nSPS) is 13.5. The average molecular weight is 241 g/mol. The first-order valence-corrected chi connectivity index (χ1v) is 5.70. The molecule has 0 spiro atoms. The molecule has 0 saturated carbocycles. The summed E-state index contributed by atoms with van der Waals surface area (Å²) in [5.74, 6) is 0.0944. The monoisotopic (exact) mass is 241 g/mol. The van der Waals surface area contributed by atoms with E-state index in [1.807, 2.05) is 6.92 Å². The topological polar surface area (TPSA) is 55.5 Å². The minimum absolute atomic E-state index is 0.215. The fourth-order valence-electron chi connectivity index (χ4n) is 1.42. The van der Waals surface area contributed by atoms with E-state index in [0.717, 1.165) is 5.56 Å². The predicted octanol–water partition coefficient (Wildman–Crippen LogP) is 2.39. The van der Waals surface area contributed by atoms with Crippen molar-refractivity contribution >= 4 is 0 Å². The molecule has 0 aliphatic rings. The Morgan fingerprint density at radius 2 is 2.12 bits per heavy atom. The zero-order chi connectivity index (χ0) is 13.1. The Balaban J connectivity index is 2.72. The number of nitrogens with two attached hydrogens (primary N) is 1. The molecule has 0 aliphatic heterocycles. The minimum Gasteiger partial charge on any atom is -0.493 e. The molecule has 0 bridgehead atoms. The Morgan fingerprint density at radius 1 is 1.47 bits per heavy atom. The smallest absolute Gasteiger partial charge is 0.126 e. The fourth-order valence-corrected chi connectivity index (χ4v) is 1.42. The molecule has 0 fully saturated rings. The van der Waals surface area contributed by atoms with Gasteiger partial charge in [0.15, 0.2) is 0 Å². The summed E-state index contributed by atoms with van der Waals surface area (Å²) in [5.41, 5.74) is 5.75. The van der Waals surface area contributed by atoms with Gasteiger partial charge in [0.1, 0.15) is 11.6 Å². The zero-order valence-electron chi connectivity index (χ0n) is 10.5. The van der Waals surface area contributed by atoms with Crippen LogP contribution in [-0.2, 0) is 0 Å². The molecule has 0 radical (unpaired) electrons. The van der Waals surface area contributed by atoms with E-state index in [9.17, 15) is 9.50 Å². The standard InChI is InChI=1S/C13H20FNO2/c1-9(15)11-5-4-10(14)8-12(11)17-7-6-13(2,3)16/h4-5,8-9,16H,6-7,15H2,1-3H3/t9-/m1/s1. The highest BCUT2D eigenvalue weighted by Gasteiger charge is 2.14. The lowest BCUT2D eigenvalue weighted by molar-refractivity contribution is 0.0551. The lowest BCUT2D eigenvalue weighted by atomic mass is 10.1. The van der Waals surface area contributed by atoms with E-state index < -0.39 is 5.60 Å². The number of rotatable bonds is 5. The second kappa shape index (κ2) is 5.47. The molecular formula is C13H20FNO2. The zero-order valence-corrected chi connectivity index (χ0v) is 10.5. The Bertz CT molecular complexity index is 372. The minimum atomic E-state index is -0.790. The molecule has 0 unspecified atom stereocenters. The van der Waals surface area contributed by atoms with Crippen molar-refractivity contribution in [2.24, 2.45) is 5.73 Å². The molecule has 4 heteroatoms. The number of hydrogen-bond acceptors (Lipinski definition) is 3. The van der Waals surface area contributed by atoms with Crippen molar-refractivity contribution in [2.75, 3.05) is 6.61 Å². The first kappa shape index (κ1) is 13.9. The van der Waals surface area contributed by atoms with E-state index in [1.54, 1.807) is 19.9 Å². The van der Waals surface area contributed by atoms with Crippen molar-refractivity contribution in [3.63, 3.8) is 0 Å². The van der Waals surface area contributed by atoms with Crippen LogP contribution in [0.4, 0.5) is 4.39 Å². The third-order valence-electron chi connectivity index (χ3n) is 2.44. The molecule has 1 atom stereocenters. The predicted molar refractivity (Wildman–Crippen MR) is 65.4 cm³/mol. The third-order valence-corrected chi connectivity index (χ3v) is 2.44. The summed E-state index contributed by atoms with van der Waals surface area (Å²) in [7, 11) is 0. The van der Waals surface area contributed by atoms with Gasteiger partial charge in [-0.25, -0.2) is 4.39 Å². The van der Waals surface area contributed by atoms with Crippen LogP contribution in [0.5, 0.6) is 5.75 Å². The third kappa shape index (κ3) is 4.71. The van der Waals surface area contributed by atoms with Crippen LogP contribution in [0.2, 0.25) is 0 Å². The SMILES string of the molecule is C[C@@H](N)c1ccc(F)cc1OCCC(C)(C)O. The highest BCUT2D eigenvalue weighted by atomic mass is 19.1. The van der Waals surface area contributed by atoms with Crippen molar-refractivity contribution in [3.8, 4) is 5.75 Å². The van der Waals surface area contributed by atoms with Crippen LogP contribution in [0.1, 0.15) is 38.8 Å². The van der Waals surface area contributed by atoms with Gasteiger partial charge in [0.25, 0.3) is 0 Å². The Hall–Kier alpha value is -1.13. The van der Waals surface area contributed by atoms with E-state index >= 15 is 0 Å². The van der Waals surface area contributed by atoms with Crippen molar-refractivity contribution < 1.29 is 14.2 Å². The molecule has 3 nitrogen and oxygen atoms in total. The van der Waals surface area contributed by atoms with Crippen LogP contribution in [0, 0.1) is 5.82 Å². The van der Waals surface area contributed by atoms with Crippen LogP contribution < -0.4 is 10.5 Å². The van der Waals surface area contributed by atoms with Crippen molar-refractivity contribution in [1.82, 2.24) is 0 Å². The van der Waals surface area contributed by atoms with Gasteiger partial charge in [-0.3, -0.25) is 0 Å². The van der Waals surface area contributed by atoms with Crippen LogP contribution in [-0.4, -0.2) is 17.3 Å². The van der Waals surface area contributed by atoms with E-state index in [2.05, 4.69) is 0 Å². The first-order valence-electron chi connectivity index (χ1n) is 5.70. The van der Waals surface area contributed by atoms with Gasteiger partial charge >= 0.3 is 0 Å². The van der Waals surface area contributed by atoms with E-state index in [1.165, 1.54) is 12.1 Å². The van der Waals surface area contributed by atoms with Gasteiger partial charge in [0.2, 0.25) is 0 Å². The molecule has 96 valence electrons. The molecule has 0 amide bonds. The lowest BCUT2D eigenvalue weighted by Crippen LogP contribution is -2.22. The van der Waals surface area contributed by atoms with Crippen LogP contribution in [0.15, 0.2) is 18.2 Å². The van der Waals surface area contributed by atoms with Crippen molar-refractivity contribution in [1.29, 1.82) is 0 Å². The maximum Gasteiger partial charge on any atom is 0.126 e. The largest absolute Gasteiger partial charge is 0.493 e. The summed E-state index contributed by atoms with van der Waals surface area (Å²) in [4.78, 5) is 0. The van der Waals surface area contributed by atoms with Crippen LogP contribution in [0.3, 0.4) is 0 Å². The summed E-state index contributed by atoms with van der Waals surface area (Å²) in [6.07, 6.45) is 0.474. The molecular weight excluding hydrogens is 221 g/mol. The van der Waals surface area contributed by atoms with Crippen molar-refractivity contribution in [3.05, 3.63) is 29.6 Å². The maximum atomic E-state index is 13.1. The Morgan fingerprint density at radius 3 is 2.65 bits per heavy atom. The molecule has 0 heterocycles. The Labute approximate surface area is 101 Å². The molecule has 3 N–H and O–H groups in total. The quantitative estimate of drug-likeness (QED) is 0.832. The molecule has 0 aliphatic carbocycles. The van der Waals surface area contributed by atoms with Crippen LogP contribution >= 0.6 is 0 Å². The van der Waals surface area contributed by atoms with Gasteiger partial charge in [-0.1, -0.05) is 6.07 Å². The molecule has 17 heavy (non-hydrogen) atoms. The van der Waals surface area contributed by atoms with Gasteiger partial charge in [0, 0.05) is 24.1 Å². The number of halogens is 1. The van der Waals surface area contributed by atoms with Crippen molar-refractivity contribution in [2.45, 2.75) is 38.8 Å². The highest BCUT2D eigenvalue weighted by Crippen LogP contribution is 2.25. The number of hydrogen-bond donors (Lipinski definition) is 2. The highest BCUT2D eigenvalue weighted by molar-refractivity contribution is 5.36. The van der Waals surface area contributed by atoms with Gasteiger partial charge < -0.3 is 15.6 Å². The molecule has 0 saturated heterocycles. The first-order chi connectivity index (χ1) is 7.79. The lowest BCUT2D eigenvalue weighted by Gasteiger charge is -2.19. The Kier molecular flexibility index (Phi) is 4.48. The summed E-state index contributed by atoms with van der Waals surface area (Å²) < 4.78 is 18.6. The molecule has 1 aromatic rings. The summed E-state index contributed by atoms with van der Waals surface area (Å²) in [6.45, 7) is 5.55. The molecule has 1 aromatic carbocycles. The summed E-state index contributed by atoms with van der Waals surface area (Å²) in [5, 5.41) is 9.55. The van der Waals surface area contributed by atoms with Gasteiger partial charge in [0.05, 0.1) is 12.2 Å². The maximum absolute atomic E-state index is 13.1. The van der Waals surface area contributed by atoms with E-state index in [0.29, 0.717) is 18.8 Å². The van der Waals surface area contributed by atoms with E-state index in [4.69, 9.17) is 10.5 Å². The van der Waals surface area contributed by atoms with Gasteiger partial charge in [-0.15, -0.1) is 0 Å². The number of ether oxygens (including phenoxy) is 1. The van der Waals surface area contributed by atoms with Crippen LogP contribution in [0.25, 0.3) is 0 Å². The second-order valence-corrected chi connectivity index (χ2v) is 4.88. The summed E-state index contributed by atoms with van der Waals surface area (Å²) in [6, 6.07) is 4.09. The van der Waals surface area contributed by atoms with Gasteiger partial charge in [-0.2, -0.15) is 0 Å². The molecule has 0 aromatic heterocycles. The second-order valence-electron chi connectivity index (χ2n) is 4.88. The molecule has 1 rings (SSSR count). The average Bonchev–Trinajstić information content (AvgIpc) is 2.15. The van der Waals surface area contributed by atoms with E-state index in [-0.39, 0.29) is 11.9 Å². The summed E-state index contributed by atoms with van der Waals surface area (Å²) >= 11 is 0. The number of aliphatic hydroxyl groups is 1. The number of benzene rings is 1.